The van der Waals surface area contributed by atoms with E-state index >= 15 is 8.78 Å². The monoisotopic (exact) mass is 621 g/mol. The van der Waals surface area contributed by atoms with Gasteiger partial charge >= 0.3 is 0 Å². The van der Waals surface area contributed by atoms with E-state index in [9.17, 15) is 14.9 Å². The van der Waals surface area contributed by atoms with E-state index in [1.54, 1.807) is 13.8 Å². The highest BCUT2D eigenvalue weighted by Crippen LogP contribution is 2.56. The van der Waals surface area contributed by atoms with Crippen LogP contribution < -0.4 is 5.32 Å². The number of ether oxygens (including phenoxy) is 2. The SMILES string of the molecule is CC(C)(C)CC1N(C=O)C(C(=O)NCC[C@H]2COC(C)(C)O2)C(c2cccc(Cl)c2F)C1(C#N)c1ccc(Cl)cc1F. The van der Waals surface area contributed by atoms with Crippen LogP contribution in [-0.2, 0) is 24.5 Å². The van der Waals surface area contributed by atoms with Gasteiger partial charge in [-0.3, -0.25) is 9.59 Å². The summed E-state index contributed by atoms with van der Waals surface area (Å²) in [7, 11) is 0. The van der Waals surface area contributed by atoms with E-state index in [1.165, 1.54) is 35.2 Å². The van der Waals surface area contributed by atoms with Gasteiger partial charge < -0.3 is 19.7 Å². The third kappa shape index (κ3) is 6.14. The summed E-state index contributed by atoms with van der Waals surface area (Å²) < 4.78 is 43.1. The lowest BCUT2D eigenvalue weighted by molar-refractivity contribution is -0.139. The summed E-state index contributed by atoms with van der Waals surface area (Å²) in [5.74, 6) is -4.33. The van der Waals surface area contributed by atoms with Gasteiger partial charge in [0.15, 0.2) is 5.79 Å². The van der Waals surface area contributed by atoms with E-state index < -0.39 is 52.2 Å². The molecule has 2 aromatic rings. The van der Waals surface area contributed by atoms with Gasteiger partial charge in [0.1, 0.15) is 23.1 Å². The Balaban J connectivity index is 1.88. The lowest BCUT2D eigenvalue weighted by atomic mass is 9.62. The molecule has 2 amide bonds. The van der Waals surface area contributed by atoms with Crippen LogP contribution in [0.2, 0.25) is 10.0 Å². The summed E-state index contributed by atoms with van der Waals surface area (Å²) in [5.41, 5.74) is -2.53. The number of halogens is 4. The Morgan fingerprint density at radius 3 is 2.52 bits per heavy atom. The highest BCUT2D eigenvalue weighted by atomic mass is 35.5. The third-order valence-electron chi connectivity index (χ3n) is 7.92. The summed E-state index contributed by atoms with van der Waals surface area (Å²) in [5, 5.41) is 13.7. The van der Waals surface area contributed by atoms with Crippen molar-refractivity contribution in [3.63, 3.8) is 0 Å². The van der Waals surface area contributed by atoms with Crippen LogP contribution in [0.3, 0.4) is 0 Å². The van der Waals surface area contributed by atoms with E-state index in [-0.39, 0.29) is 40.2 Å². The topological polar surface area (TPSA) is 91.7 Å². The summed E-state index contributed by atoms with van der Waals surface area (Å²) in [4.78, 5) is 28.1. The Morgan fingerprint density at radius 2 is 1.95 bits per heavy atom. The molecule has 11 heteroatoms. The second-order valence-corrected chi connectivity index (χ2v) is 13.4. The van der Waals surface area contributed by atoms with Gasteiger partial charge in [-0.1, -0.05) is 62.2 Å². The number of hydrogen-bond acceptors (Lipinski definition) is 5. The first-order chi connectivity index (χ1) is 19.6. The van der Waals surface area contributed by atoms with E-state index in [0.29, 0.717) is 19.4 Å². The Kier molecular flexibility index (Phi) is 9.25. The van der Waals surface area contributed by atoms with Gasteiger partial charge in [0.2, 0.25) is 12.3 Å². The molecule has 0 bridgehead atoms. The molecule has 2 saturated heterocycles. The van der Waals surface area contributed by atoms with Crippen LogP contribution in [0.1, 0.15) is 64.5 Å². The van der Waals surface area contributed by atoms with E-state index in [2.05, 4.69) is 11.4 Å². The summed E-state index contributed by atoms with van der Waals surface area (Å²) in [6, 6.07) is 8.02. The number of rotatable bonds is 8. The van der Waals surface area contributed by atoms with Crippen molar-refractivity contribution in [2.45, 2.75) is 82.8 Å². The van der Waals surface area contributed by atoms with Crippen molar-refractivity contribution in [3.8, 4) is 6.07 Å². The van der Waals surface area contributed by atoms with Crippen molar-refractivity contribution < 1.29 is 27.8 Å². The second kappa shape index (κ2) is 12.1. The molecule has 0 spiro atoms. The van der Waals surface area contributed by atoms with Gasteiger partial charge in [0.25, 0.3) is 0 Å². The van der Waals surface area contributed by atoms with Gasteiger partial charge in [0, 0.05) is 23.0 Å². The van der Waals surface area contributed by atoms with Crippen molar-refractivity contribution in [1.82, 2.24) is 10.2 Å². The number of hydrogen-bond donors (Lipinski definition) is 1. The zero-order valence-corrected chi connectivity index (χ0v) is 25.7. The third-order valence-corrected chi connectivity index (χ3v) is 8.45. The second-order valence-electron chi connectivity index (χ2n) is 12.5. The fourth-order valence-electron chi connectivity index (χ4n) is 6.25. The highest BCUT2D eigenvalue weighted by Gasteiger charge is 2.64. The van der Waals surface area contributed by atoms with Crippen LogP contribution in [0.25, 0.3) is 0 Å². The average Bonchev–Trinajstić information content (AvgIpc) is 3.38. The number of nitrogens with one attached hydrogen (secondary N) is 1. The molecule has 2 aromatic carbocycles. The molecule has 0 aromatic heterocycles. The number of nitriles is 1. The maximum atomic E-state index is 15.9. The predicted molar refractivity (Wildman–Crippen MR) is 155 cm³/mol. The van der Waals surface area contributed by atoms with Crippen LogP contribution in [-0.4, -0.2) is 54.3 Å². The molecule has 1 N–H and O–H groups in total. The van der Waals surface area contributed by atoms with Gasteiger partial charge in [0.05, 0.1) is 29.8 Å². The molecule has 2 fully saturated rings. The number of amides is 2. The fraction of sp³-hybridized carbons (Fsp3) is 0.516. The zero-order chi connectivity index (χ0) is 31.0. The quantitative estimate of drug-likeness (QED) is 0.359. The molecule has 7 nitrogen and oxygen atoms in total. The Morgan fingerprint density at radius 1 is 1.24 bits per heavy atom. The minimum Gasteiger partial charge on any atom is -0.354 e. The lowest BCUT2D eigenvalue weighted by Gasteiger charge is -2.38. The van der Waals surface area contributed by atoms with Crippen LogP contribution in [0.15, 0.2) is 36.4 Å². The molecule has 0 radical (unpaired) electrons. The molecule has 2 aliphatic heterocycles. The van der Waals surface area contributed by atoms with Crippen molar-refractivity contribution in [2.24, 2.45) is 5.41 Å². The minimum atomic E-state index is -1.89. The maximum absolute atomic E-state index is 15.9. The van der Waals surface area contributed by atoms with Gasteiger partial charge in [-0.05, 0) is 55.9 Å². The Hall–Kier alpha value is -2.77. The first kappa shape index (κ1) is 32.2. The number of likely N-dealkylation sites (tertiary alicyclic amines) is 1. The van der Waals surface area contributed by atoms with Crippen molar-refractivity contribution in [3.05, 3.63) is 69.2 Å². The first-order valence-corrected chi connectivity index (χ1v) is 14.5. The van der Waals surface area contributed by atoms with Crippen LogP contribution in [0, 0.1) is 28.4 Å². The lowest BCUT2D eigenvalue weighted by Crippen LogP contribution is -2.48. The van der Waals surface area contributed by atoms with Gasteiger partial charge in [-0.25, -0.2) is 8.78 Å². The molecule has 5 atom stereocenters. The van der Waals surface area contributed by atoms with E-state index in [0.717, 1.165) is 6.07 Å². The maximum Gasteiger partial charge on any atom is 0.243 e. The van der Waals surface area contributed by atoms with Crippen molar-refractivity contribution >= 4 is 35.5 Å². The number of carbonyl (C=O) groups is 2. The largest absolute Gasteiger partial charge is 0.354 e. The van der Waals surface area contributed by atoms with E-state index in [1.807, 2.05) is 20.8 Å². The van der Waals surface area contributed by atoms with Crippen LogP contribution >= 0.6 is 23.2 Å². The molecule has 2 aliphatic rings. The molecule has 0 saturated carbocycles. The van der Waals surface area contributed by atoms with Gasteiger partial charge in [-0.2, -0.15) is 5.26 Å². The number of benzene rings is 2. The van der Waals surface area contributed by atoms with Crippen LogP contribution in [0.4, 0.5) is 8.78 Å². The van der Waals surface area contributed by atoms with Crippen molar-refractivity contribution in [2.75, 3.05) is 13.2 Å². The molecule has 4 rings (SSSR count). The zero-order valence-electron chi connectivity index (χ0n) is 24.2. The fourth-order valence-corrected chi connectivity index (χ4v) is 6.59. The number of carbonyl (C=O) groups excluding carboxylic acids is 2. The van der Waals surface area contributed by atoms with Crippen molar-refractivity contribution in [1.29, 1.82) is 5.26 Å². The smallest absolute Gasteiger partial charge is 0.243 e. The Labute approximate surface area is 255 Å². The minimum absolute atomic E-state index is 0.0731. The summed E-state index contributed by atoms with van der Waals surface area (Å²) in [6.07, 6.45) is 0.841. The van der Waals surface area contributed by atoms with Gasteiger partial charge in [-0.15, -0.1) is 0 Å². The highest BCUT2D eigenvalue weighted by molar-refractivity contribution is 6.31. The average molecular weight is 623 g/mol. The first-order valence-electron chi connectivity index (χ1n) is 13.8. The molecule has 4 unspecified atom stereocenters. The summed E-state index contributed by atoms with van der Waals surface area (Å²) >= 11 is 12.3. The molecule has 226 valence electrons. The Bertz CT molecular complexity index is 1390. The summed E-state index contributed by atoms with van der Waals surface area (Å²) in [6.45, 7) is 9.82. The molecular formula is C31H35Cl2F2N3O4. The molecule has 42 heavy (non-hydrogen) atoms. The predicted octanol–water partition coefficient (Wildman–Crippen LogP) is 6.12. The van der Waals surface area contributed by atoms with Crippen LogP contribution in [0.5, 0.6) is 0 Å². The van der Waals surface area contributed by atoms with E-state index in [4.69, 9.17) is 32.7 Å². The molecule has 2 heterocycles. The number of nitrogens with zero attached hydrogens (tertiary/aromatic N) is 2. The molecule has 0 aliphatic carbocycles. The standard InChI is InChI=1S/C31H35Cl2F2N3O4/c1-29(2,3)14-24-31(16-36,21-10-9-18(32)13-23(21)34)25(20-7-6-8-22(33)26(20)35)27(38(24)17-39)28(40)37-12-11-19-15-41-30(4,5)42-19/h6-10,13,17,19,24-25,27H,11-12,14-15H2,1-5H3,(H,37,40)/t19-,24?,25?,27?,31?/m0/s1. The molecular weight excluding hydrogens is 587 g/mol. The normalized spacial score (nSPS) is 27.1.